The highest BCUT2D eigenvalue weighted by atomic mass is 35.5. The normalized spacial score (nSPS) is 10.2. The highest BCUT2D eigenvalue weighted by Crippen LogP contribution is 2.20. The summed E-state index contributed by atoms with van der Waals surface area (Å²) in [6.07, 6.45) is 3.16. The zero-order chi connectivity index (χ0) is 20.5. The molecule has 2 aromatic rings. The van der Waals surface area contributed by atoms with E-state index < -0.39 is 11.7 Å². The van der Waals surface area contributed by atoms with Crippen molar-refractivity contribution >= 4 is 23.4 Å². The molecule has 0 unspecified atom stereocenters. The summed E-state index contributed by atoms with van der Waals surface area (Å²) in [5, 5.41) is 14.2. The minimum atomic E-state index is -0.639. The predicted molar refractivity (Wildman–Crippen MR) is 101 cm³/mol. The molecule has 1 aromatic heterocycles. The second-order valence-corrected chi connectivity index (χ2v) is 6.17. The number of aromatic nitrogens is 1. The van der Waals surface area contributed by atoms with Crippen LogP contribution in [0.25, 0.3) is 0 Å². The van der Waals surface area contributed by atoms with Gasteiger partial charge in [0.05, 0.1) is 17.2 Å². The molecule has 0 atom stereocenters. The maximum Gasteiger partial charge on any atom is 0.262 e. The summed E-state index contributed by atoms with van der Waals surface area (Å²) in [5.41, 5.74) is 1.24. The summed E-state index contributed by atoms with van der Waals surface area (Å²) < 4.78 is 18.5. The Bertz CT molecular complexity index is 876. The van der Waals surface area contributed by atoms with E-state index in [1.165, 1.54) is 30.6 Å². The Labute approximate surface area is 166 Å². The summed E-state index contributed by atoms with van der Waals surface area (Å²) in [4.78, 5) is 27.7. The van der Waals surface area contributed by atoms with Crippen molar-refractivity contribution in [2.24, 2.45) is 0 Å². The average molecular weight is 408 g/mol. The van der Waals surface area contributed by atoms with Crippen LogP contribution < -0.4 is 15.4 Å². The maximum atomic E-state index is 13.3. The molecule has 0 bridgehead atoms. The molecule has 28 heavy (non-hydrogen) atoms. The molecule has 0 saturated carbocycles. The second-order valence-electron chi connectivity index (χ2n) is 5.76. The summed E-state index contributed by atoms with van der Waals surface area (Å²) in [6.45, 7) is 3.42. The first-order valence-corrected chi connectivity index (χ1v) is 8.65. The van der Waals surface area contributed by atoms with E-state index in [0.717, 1.165) is 6.07 Å². The van der Waals surface area contributed by atoms with E-state index in [4.69, 9.17) is 21.4 Å². The van der Waals surface area contributed by atoms with Crippen LogP contribution in [0.3, 0.4) is 0 Å². The highest BCUT2D eigenvalue weighted by Gasteiger charge is 2.09. The fourth-order valence-corrected chi connectivity index (χ4v) is 2.26. The monoisotopic (exact) mass is 407 g/mol. The molecule has 9 heteroatoms. The number of amides is 2. The molecule has 2 amide bonds. The van der Waals surface area contributed by atoms with Gasteiger partial charge in [-0.05, 0) is 23.8 Å². The van der Waals surface area contributed by atoms with Gasteiger partial charge >= 0.3 is 0 Å². The zero-order valence-corrected chi connectivity index (χ0v) is 15.6. The molecule has 0 spiro atoms. The fraction of sp³-hybridized carbons (Fsp3) is 0.211. The Hall–Kier alpha value is -2.97. The number of rotatable bonds is 9. The molecule has 7 nitrogen and oxygen atoms in total. The van der Waals surface area contributed by atoms with Gasteiger partial charge in [0.2, 0.25) is 0 Å². The summed E-state index contributed by atoms with van der Waals surface area (Å²) in [6, 6.07) is 5.40. The third-order valence-electron chi connectivity index (χ3n) is 3.53. The van der Waals surface area contributed by atoms with Crippen LogP contribution in [0.2, 0.25) is 5.02 Å². The number of halogens is 2. The van der Waals surface area contributed by atoms with Crippen LogP contribution in [0.4, 0.5) is 4.39 Å². The van der Waals surface area contributed by atoms with Gasteiger partial charge in [-0.15, -0.1) is 0 Å². The number of nitrogens with zero attached hydrogens (tertiary/aromatic N) is 1. The topological polar surface area (TPSA) is 101 Å². The second kappa shape index (κ2) is 10.4. The quantitative estimate of drug-likeness (QED) is 0.591. The van der Waals surface area contributed by atoms with E-state index in [9.17, 15) is 14.0 Å². The number of hydrogen-bond donors (Lipinski definition) is 3. The van der Waals surface area contributed by atoms with Gasteiger partial charge in [-0.3, -0.25) is 14.6 Å². The van der Waals surface area contributed by atoms with Gasteiger partial charge in [0.1, 0.15) is 11.6 Å². The van der Waals surface area contributed by atoms with Gasteiger partial charge in [-0.2, -0.15) is 0 Å². The standard InChI is InChI=1S/C19H19ClFN3O4/c1-12(4-5-23-19(27)14-6-13(10-25)8-22-9-14)24-18(26)11-28-15-2-3-16(20)17(21)7-15/h2-3,6-9,25H,1,4-5,10-11H2,(H,23,27)(H,24,26). The van der Waals surface area contributed by atoms with Crippen LogP contribution in [0.1, 0.15) is 22.3 Å². The average Bonchev–Trinajstić information content (AvgIpc) is 2.68. The number of carbonyl (C=O) groups is 2. The molecule has 0 aliphatic carbocycles. The highest BCUT2D eigenvalue weighted by molar-refractivity contribution is 6.30. The van der Waals surface area contributed by atoms with Crippen LogP contribution >= 0.6 is 11.6 Å². The van der Waals surface area contributed by atoms with Gasteiger partial charge in [0.25, 0.3) is 11.8 Å². The molecule has 2 rings (SSSR count). The lowest BCUT2D eigenvalue weighted by Gasteiger charge is -2.11. The maximum absolute atomic E-state index is 13.3. The van der Waals surface area contributed by atoms with Gasteiger partial charge in [-0.25, -0.2) is 4.39 Å². The Morgan fingerprint density at radius 1 is 1.29 bits per heavy atom. The van der Waals surface area contributed by atoms with E-state index in [1.54, 1.807) is 0 Å². The first-order chi connectivity index (χ1) is 13.4. The SMILES string of the molecule is C=C(CCNC(=O)c1cncc(CO)c1)NC(=O)COc1ccc(Cl)c(F)c1. The first-order valence-electron chi connectivity index (χ1n) is 8.27. The molecule has 1 aromatic carbocycles. The minimum absolute atomic E-state index is 0.0360. The summed E-state index contributed by atoms with van der Waals surface area (Å²) in [5.74, 6) is -1.28. The van der Waals surface area contributed by atoms with E-state index in [2.05, 4.69) is 22.2 Å². The van der Waals surface area contributed by atoms with Crippen molar-refractivity contribution < 1.29 is 23.8 Å². The van der Waals surface area contributed by atoms with Crippen LogP contribution in [-0.4, -0.2) is 35.1 Å². The molecule has 0 saturated heterocycles. The smallest absolute Gasteiger partial charge is 0.262 e. The van der Waals surface area contributed by atoms with Crippen molar-refractivity contribution in [2.75, 3.05) is 13.2 Å². The summed E-state index contributed by atoms with van der Waals surface area (Å²) in [7, 11) is 0. The van der Waals surface area contributed by atoms with Gasteiger partial charge < -0.3 is 20.5 Å². The molecule has 0 aliphatic heterocycles. The number of aliphatic hydroxyl groups is 1. The van der Waals surface area contributed by atoms with Gasteiger partial charge in [-0.1, -0.05) is 18.2 Å². The van der Waals surface area contributed by atoms with Gasteiger partial charge in [0.15, 0.2) is 6.61 Å². The lowest BCUT2D eigenvalue weighted by Crippen LogP contribution is -2.31. The van der Waals surface area contributed by atoms with E-state index >= 15 is 0 Å². The van der Waals surface area contributed by atoms with Crippen molar-refractivity contribution in [2.45, 2.75) is 13.0 Å². The van der Waals surface area contributed by atoms with Crippen molar-refractivity contribution in [3.8, 4) is 5.75 Å². The largest absolute Gasteiger partial charge is 0.484 e. The van der Waals surface area contributed by atoms with Crippen molar-refractivity contribution in [3.05, 3.63) is 70.9 Å². The fourth-order valence-electron chi connectivity index (χ4n) is 2.14. The number of carbonyl (C=O) groups excluding carboxylic acids is 2. The van der Waals surface area contributed by atoms with E-state index in [0.29, 0.717) is 23.2 Å². The van der Waals surface area contributed by atoms with Crippen LogP contribution in [0.15, 0.2) is 48.9 Å². The van der Waals surface area contributed by atoms with E-state index in [-0.39, 0.29) is 36.4 Å². The van der Waals surface area contributed by atoms with E-state index in [1.807, 2.05) is 0 Å². The molecule has 0 radical (unpaired) electrons. The molecule has 0 fully saturated rings. The number of benzene rings is 1. The third kappa shape index (κ3) is 6.64. The zero-order valence-electron chi connectivity index (χ0n) is 14.9. The van der Waals surface area contributed by atoms with Crippen molar-refractivity contribution in [1.82, 2.24) is 15.6 Å². The Morgan fingerprint density at radius 3 is 2.79 bits per heavy atom. The lowest BCUT2D eigenvalue weighted by molar-refractivity contribution is -0.122. The van der Waals surface area contributed by atoms with Crippen molar-refractivity contribution in [1.29, 1.82) is 0 Å². The molecular formula is C19H19ClFN3O4. The molecule has 1 heterocycles. The number of ether oxygens (including phenoxy) is 1. The number of nitrogens with one attached hydrogen (secondary N) is 2. The lowest BCUT2D eigenvalue weighted by atomic mass is 10.2. The summed E-state index contributed by atoms with van der Waals surface area (Å²) >= 11 is 5.57. The Kier molecular flexibility index (Phi) is 7.91. The molecular weight excluding hydrogens is 389 g/mol. The van der Waals surface area contributed by atoms with Crippen molar-refractivity contribution in [3.63, 3.8) is 0 Å². The van der Waals surface area contributed by atoms with Crippen LogP contribution in [-0.2, 0) is 11.4 Å². The predicted octanol–water partition coefficient (Wildman–Crippen LogP) is 2.20. The first kappa shape index (κ1) is 21.3. The minimum Gasteiger partial charge on any atom is -0.484 e. The molecule has 0 aliphatic rings. The molecule has 148 valence electrons. The Balaban J connectivity index is 1.70. The number of pyridine rings is 1. The van der Waals surface area contributed by atoms with Gasteiger partial charge in [0, 0.05) is 37.1 Å². The third-order valence-corrected chi connectivity index (χ3v) is 3.84. The molecule has 3 N–H and O–H groups in total. The Morgan fingerprint density at radius 2 is 2.07 bits per heavy atom. The van der Waals surface area contributed by atoms with Crippen LogP contribution in [0.5, 0.6) is 5.75 Å². The van der Waals surface area contributed by atoms with Crippen LogP contribution in [0, 0.1) is 5.82 Å². The number of aliphatic hydroxyl groups excluding tert-OH is 1. The number of hydrogen-bond acceptors (Lipinski definition) is 5.